The van der Waals surface area contributed by atoms with Gasteiger partial charge in [0.2, 0.25) is 0 Å². The van der Waals surface area contributed by atoms with Crippen LogP contribution in [0, 0.1) is 0 Å². The highest BCUT2D eigenvalue weighted by Crippen LogP contribution is 2.22. The van der Waals surface area contributed by atoms with E-state index in [9.17, 15) is 9.59 Å². The maximum absolute atomic E-state index is 11.7. The monoisotopic (exact) mass is 301 g/mol. The molecule has 2 heterocycles. The number of primary amides is 1. The van der Waals surface area contributed by atoms with Crippen molar-refractivity contribution in [2.75, 3.05) is 11.9 Å². The van der Waals surface area contributed by atoms with Gasteiger partial charge in [0.15, 0.2) is 0 Å². The second-order valence-corrected chi connectivity index (χ2v) is 4.82. The summed E-state index contributed by atoms with van der Waals surface area (Å²) in [6.45, 7) is 6.74. The third-order valence-corrected chi connectivity index (χ3v) is 3.10. The fraction of sp³-hybridized carbons (Fsp3) is 0.267. The molecule has 4 N–H and O–H groups in total. The van der Waals surface area contributed by atoms with Crippen molar-refractivity contribution in [2.45, 2.75) is 19.9 Å². The van der Waals surface area contributed by atoms with Crippen LogP contribution < -0.4 is 16.4 Å². The predicted octanol–water partition coefficient (Wildman–Crippen LogP) is 1.85. The maximum atomic E-state index is 11.7. The van der Waals surface area contributed by atoms with Crippen molar-refractivity contribution >= 4 is 28.7 Å². The van der Waals surface area contributed by atoms with E-state index in [-0.39, 0.29) is 6.03 Å². The van der Waals surface area contributed by atoms with Gasteiger partial charge < -0.3 is 20.9 Å². The lowest BCUT2D eigenvalue weighted by atomic mass is 10.2. The molecule has 0 saturated heterocycles. The predicted molar refractivity (Wildman–Crippen MR) is 85.8 cm³/mol. The molecule has 0 aliphatic heterocycles. The van der Waals surface area contributed by atoms with Crippen molar-refractivity contribution in [3.63, 3.8) is 0 Å². The molecule has 0 unspecified atom stereocenters. The zero-order chi connectivity index (χ0) is 16.1. The highest BCUT2D eigenvalue weighted by molar-refractivity contribution is 6.06. The average Bonchev–Trinajstić information content (AvgIpc) is 2.84. The van der Waals surface area contributed by atoms with E-state index >= 15 is 0 Å². The van der Waals surface area contributed by atoms with Gasteiger partial charge >= 0.3 is 6.03 Å². The summed E-state index contributed by atoms with van der Waals surface area (Å²) in [4.78, 5) is 27.5. The number of allylic oxidation sites excluding steroid dienone is 1. The molecule has 22 heavy (non-hydrogen) atoms. The van der Waals surface area contributed by atoms with Crippen molar-refractivity contribution in [2.24, 2.45) is 5.73 Å². The zero-order valence-electron chi connectivity index (χ0n) is 12.4. The summed E-state index contributed by atoms with van der Waals surface area (Å²) in [6.07, 6.45) is 5.73. The number of nitrogens with zero attached hydrogens (tertiary/aromatic N) is 2. The van der Waals surface area contributed by atoms with Crippen LogP contribution in [0.2, 0.25) is 0 Å². The Balaban J connectivity index is 2.36. The Hall–Kier alpha value is -2.83. The molecule has 7 heteroatoms. The number of carbonyl (C=O) groups excluding carboxylic acids is 2. The van der Waals surface area contributed by atoms with E-state index in [0.29, 0.717) is 35.4 Å². The molecule has 2 aromatic heterocycles. The van der Waals surface area contributed by atoms with Gasteiger partial charge in [0.25, 0.3) is 5.91 Å². The lowest BCUT2D eigenvalue weighted by Crippen LogP contribution is -2.29. The minimum Gasteiger partial charge on any atom is -0.366 e. The number of nitrogens with one attached hydrogen (secondary N) is 2. The van der Waals surface area contributed by atoms with Gasteiger partial charge in [0.1, 0.15) is 5.65 Å². The Morgan fingerprint density at radius 1 is 1.50 bits per heavy atom. The average molecular weight is 301 g/mol. The van der Waals surface area contributed by atoms with Crippen molar-refractivity contribution < 1.29 is 9.59 Å². The molecule has 0 saturated carbocycles. The first-order chi connectivity index (χ1) is 10.6. The Morgan fingerprint density at radius 2 is 2.27 bits per heavy atom. The molecule has 0 bridgehead atoms. The Morgan fingerprint density at radius 3 is 2.91 bits per heavy atom. The van der Waals surface area contributed by atoms with Gasteiger partial charge in [0, 0.05) is 24.7 Å². The van der Waals surface area contributed by atoms with Gasteiger partial charge in [0.05, 0.1) is 17.4 Å². The molecular weight excluding hydrogens is 282 g/mol. The van der Waals surface area contributed by atoms with Crippen LogP contribution >= 0.6 is 0 Å². The van der Waals surface area contributed by atoms with E-state index in [1.807, 2.05) is 6.92 Å². The number of nitrogens with two attached hydrogens (primary N) is 1. The van der Waals surface area contributed by atoms with Crippen LogP contribution in [-0.2, 0) is 6.54 Å². The van der Waals surface area contributed by atoms with E-state index in [2.05, 4.69) is 22.2 Å². The van der Waals surface area contributed by atoms with Gasteiger partial charge in [-0.1, -0.05) is 13.0 Å². The number of hydrogen-bond acceptors (Lipinski definition) is 3. The molecule has 0 aliphatic rings. The first kappa shape index (κ1) is 15.6. The second-order valence-electron chi connectivity index (χ2n) is 4.82. The molecule has 3 amide bonds. The number of fused-ring (bicyclic) bond motifs is 1. The van der Waals surface area contributed by atoms with E-state index in [1.54, 1.807) is 22.9 Å². The van der Waals surface area contributed by atoms with Crippen molar-refractivity contribution in [1.29, 1.82) is 0 Å². The Bertz CT molecular complexity index is 720. The minimum absolute atomic E-state index is 0.311. The molecule has 0 fully saturated rings. The SMILES string of the molecule is C=CCn1cc(C(N)=O)c2cc(NC(=O)NCCC)cnc21. The lowest BCUT2D eigenvalue weighted by Gasteiger charge is -2.07. The maximum Gasteiger partial charge on any atom is 0.319 e. The van der Waals surface area contributed by atoms with Crippen LogP contribution in [0.25, 0.3) is 11.0 Å². The first-order valence-corrected chi connectivity index (χ1v) is 7.01. The molecule has 0 radical (unpaired) electrons. The zero-order valence-corrected chi connectivity index (χ0v) is 12.4. The quantitative estimate of drug-likeness (QED) is 0.709. The molecule has 2 rings (SSSR count). The first-order valence-electron chi connectivity index (χ1n) is 7.01. The number of amides is 3. The standard InChI is InChI=1S/C15H19N5O2/c1-3-5-17-15(22)19-10-7-11-12(13(16)21)9-20(6-4-2)14(11)18-8-10/h4,7-9H,2-3,5-6H2,1H3,(H2,16,21)(H2,17,19,22). The molecule has 7 nitrogen and oxygen atoms in total. The van der Waals surface area contributed by atoms with Crippen LogP contribution in [-0.4, -0.2) is 28.0 Å². The Kier molecular flexibility index (Phi) is 4.77. The van der Waals surface area contributed by atoms with Gasteiger partial charge in [-0.05, 0) is 12.5 Å². The van der Waals surface area contributed by atoms with Gasteiger partial charge in [-0.3, -0.25) is 4.79 Å². The van der Waals surface area contributed by atoms with Gasteiger partial charge in [-0.25, -0.2) is 9.78 Å². The fourth-order valence-electron chi connectivity index (χ4n) is 2.13. The largest absolute Gasteiger partial charge is 0.366 e. The highest BCUT2D eigenvalue weighted by atomic mass is 16.2. The molecule has 0 aromatic carbocycles. The lowest BCUT2D eigenvalue weighted by molar-refractivity contribution is 0.100. The summed E-state index contributed by atoms with van der Waals surface area (Å²) < 4.78 is 1.78. The van der Waals surface area contributed by atoms with Crippen LogP contribution in [0.4, 0.5) is 10.5 Å². The van der Waals surface area contributed by atoms with Crippen molar-refractivity contribution in [3.05, 3.63) is 36.7 Å². The number of rotatable bonds is 6. The minimum atomic E-state index is -0.540. The molecule has 0 spiro atoms. The molecular formula is C15H19N5O2. The van der Waals surface area contributed by atoms with E-state index in [4.69, 9.17) is 5.73 Å². The summed E-state index contributed by atoms with van der Waals surface area (Å²) in [7, 11) is 0. The molecule has 0 atom stereocenters. The van der Waals surface area contributed by atoms with Gasteiger partial charge in [-0.2, -0.15) is 0 Å². The van der Waals surface area contributed by atoms with Crippen molar-refractivity contribution in [1.82, 2.24) is 14.9 Å². The summed E-state index contributed by atoms with van der Waals surface area (Å²) >= 11 is 0. The summed E-state index contributed by atoms with van der Waals surface area (Å²) in [5, 5.41) is 5.99. The third kappa shape index (κ3) is 3.25. The number of pyridine rings is 1. The number of carbonyl (C=O) groups is 2. The number of urea groups is 1. The van der Waals surface area contributed by atoms with Crippen LogP contribution in [0.1, 0.15) is 23.7 Å². The second kappa shape index (κ2) is 6.75. The third-order valence-electron chi connectivity index (χ3n) is 3.10. The molecule has 0 aliphatic carbocycles. The summed E-state index contributed by atoms with van der Waals surface area (Å²) in [5.74, 6) is -0.540. The molecule has 2 aromatic rings. The van der Waals surface area contributed by atoms with E-state index in [0.717, 1.165) is 6.42 Å². The summed E-state index contributed by atoms with van der Waals surface area (Å²) in [6, 6.07) is 1.38. The molecule has 116 valence electrons. The number of hydrogen-bond donors (Lipinski definition) is 3. The van der Waals surface area contributed by atoms with Gasteiger partial charge in [-0.15, -0.1) is 6.58 Å². The topological polar surface area (TPSA) is 102 Å². The number of anilines is 1. The fourth-order valence-corrected chi connectivity index (χ4v) is 2.13. The van der Waals surface area contributed by atoms with Crippen LogP contribution in [0.15, 0.2) is 31.1 Å². The Labute approximate surface area is 128 Å². The van der Waals surface area contributed by atoms with Crippen LogP contribution in [0.3, 0.4) is 0 Å². The van der Waals surface area contributed by atoms with Crippen molar-refractivity contribution in [3.8, 4) is 0 Å². The van der Waals surface area contributed by atoms with E-state index in [1.165, 1.54) is 6.20 Å². The van der Waals surface area contributed by atoms with E-state index < -0.39 is 5.91 Å². The normalized spacial score (nSPS) is 10.4. The van der Waals surface area contributed by atoms with Crippen LogP contribution in [0.5, 0.6) is 0 Å². The smallest absolute Gasteiger partial charge is 0.319 e. The highest BCUT2D eigenvalue weighted by Gasteiger charge is 2.14. The number of aromatic nitrogens is 2. The summed E-state index contributed by atoms with van der Waals surface area (Å²) in [5.41, 5.74) is 6.88.